The summed E-state index contributed by atoms with van der Waals surface area (Å²) in [6.45, 7) is 1.29. The zero-order valence-electron chi connectivity index (χ0n) is 9.81. The molecule has 0 aromatic carbocycles. The summed E-state index contributed by atoms with van der Waals surface area (Å²) >= 11 is 0. The first-order valence-electron chi connectivity index (χ1n) is 5.43. The van der Waals surface area contributed by atoms with Crippen molar-refractivity contribution in [3.63, 3.8) is 0 Å². The van der Waals surface area contributed by atoms with Crippen molar-refractivity contribution in [1.29, 1.82) is 0 Å². The van der Waals surface area contributed by atoms with Gasteiger partial charge in [-0.1, -0.05) is 6.08 Å². The van der Waals surface area contributed by atoms with E-state index in [0.29, 0.717) is 13.2 Å². The van der Waals surface area contributed by atoms with E-state index in [4.69, 9.17) is 4.74 Å². The van der Waals surface area contributed by atoms with Gasteiger partial charge in [-0.15, -0.1) is 0 Å². The quantitative estimate of drug-likeness (QED) is 0.577. The number of hydrogen-bond donors (Lipinski definition) is 2. The molecule has 1 amide bonds. The van der Waals surface area contributed by atoms with Crippen molar-refractivity contribution in [3.8, 4) is 0 Å². The van der Waals surface area contributed by atoms with Crippen LogP contribution in [0, 0.1) is 0 Å². The maximum atomic E-state index is 11.3. The third-order valence-electron chi connectivity index (χ3n) is 2.30. The summed E-state index contributed by atoms with van der Waals surface area (Å²) in [5.74, 6) is -0.108. The van der Waals surface area contributed by atoms with Gasteiger partial charge in [-0.05, 0) is 6.42 Å². The van der Waals surface area contributed by atoms with E-state index in [1.165, 1.54) is 5.41 Å². The topological polar surface area (TPSA) is 84.5 Å². The molecule has 0 aliphatic carbocycles. The predicted molar refractivity (Wildman–Crippen MR) is 64.2 cm³/mol. The van der Waals surface area contributed by atoms with Gasteiger partial charge in [0.25, 0.3) is 0 Å². The second-order valence-corrected chi connectivity index (χ2v) is 5.77. The van der Waals surface area contributed by atoms with E-state index >= 15 is 0 Å². The summed E-state index contributed by atoms with van der Waals surface area (Å²) in [6.07, 6.45) is 2.33. The van der Waals surface area contributed by atoms with E-state index in [1.54, 1.807) is 13.2 Å². The summed E-state index contributed by atoms with van der Waals surface area (Å²) in [5.41, 5.74) is 0. The molecule has 98 valence electrons. The molecule has 1 aliphatic rings. The lowest BCUT2D eigenvalue weighted by molar-refractivity contribution is -0.120. The monoisotopic (exact) mass is 262 g/mol. The van der Waals surface area contributed by atoms with Crippen LogP contribution >= 0.6 is 0 Å². The average Bonchev–Trinajstić information content (AvgIpc) is 2.62. The Balaban J connectivity index is 2.11. The zero-order chi connectivity index (χ0) is 12.7. The number of carbonyl (C=O) groups is 1. The Morgan fingerprint density at radius 2 is 2.29 bits per heavy atom. The lowest BCUT2D eigenvalue weighted by Gasteiger charge is -2.09. The number of ether oxygens (including phenoxy) is 1. The molecule has 17 heavy (non-hydrogen) atoms. The van der Waals surface area contributed by atoms with E-state index in [1.807, 2.05) is 0 Å². The second kappa shape index (κ2) is 6.73. The van der Waals surface area contributed by atoms with Gasteiger partial charge in [-0.25, -0.2) is 8.42 Å². The fraction of sp³-hybridized carbons (Fsp3) is 0.700. The van der Waals surface area contributed by atoms with Crippen molar-refractivity contribution in [3.05, 3.63) is 11.5 Å². The molecule has 7 heteroatoms. The fourth-order valence-corrected chi connectivity index (χ4v) is 2.70. The average molecular weight is 262 g/mol. The summed E-state index contributed by atoms with van der Waals surface area (Å²) in [6, 6.07) is -0.260. The molecular weight excluding hydrogens is 244 g/mol. The Labute approximate surface area is 101 Å². The molecule has 0 bridgehead atoms. The van der Waals surface area contributed by atoms with Crippen molar-refractivity contribution < 1.29 is 17.9 Å². The number of amides is 1. The predicted octanol–water partition coefficient (Wildman–Crippen LogP) is -0.961. The number of methoxy groups -OCH3 is 1. The summed E-state index contributed by atoms with van der Waals surface area (Å²) in [7, 11) is -1.45. The molecular formula is C10H18N2O4S. The molecule has 0 saturated heterocycles. The van der Waals surface area contributed by atoms with Gasteiger partial charge >= 0.3 is 0 Å². The summed E-state index contributed by atoms with van der Waals surface area (Å²) in [4.78, 5) is 11.3. The minimum absolute atomic E-state index is 0.0317. The highest BCUT2D eigenvalue weighted by atomic mass is 32.2. The van der Waals surface area contributed by atoms with E-state index in [-0.39, 0.29) is 24.2 Å². The van der Waals surface area contributed by atoms with Crippen LogP contribution in [-0.4, -0.2) is 52.9 Å². The minimum Gasteiger partial charge on any atom is -0.385 e. The van der Waals surface area contributed by atoms with Crippen LogP contribution in [0.15, 0.2) is 11.5 Å². The van der Waals surface area contributed by atoms with Crippen molar-refractivity contribution in [2.75, 3.05) is 32.6 Å². The molecule has 1 unspecified atom stereocenters. The normalized spacial score (nSPS) is 21.6. The van der Waals surface area contributed by atoms with Gasteiger partial charge < -0.3 is 15.4 Å². The molecule has 0 aromatic rings. The number of sulfone groups is 1. The molecule has 6 nitrogen and oxygen atoms in total. The highest BCUT2D eigenvalue weighted by Gasteiger charge is 2.21. The van der Waals surface area contributed by atoms with E-state index in [9.17, 15) is 13.2 Å². The van der Waals surface area contributed by atoms with Crippen LogP contribution in [0.4, 0.5) is 0 Å². The van der Waals surface area contributed by atoms with E-state index in [2.05, 4.69) is 10.6 Å². The standard InChI is InChI=1S/C10H18N2O4S/c1-16-5-2-4-11-10(13)7-12-9-3-6-17(14,15)8-9/h3,6,9,12H,2,4-5,7-8H2,1H3,(H,11,13). The molecule has 0 fully saturated rings. The maximum Gasteiger partial charge on any atom is 0.233 e. The van der Waals surface area contributed by atoms with Crippen LogP contribution in [0.3, 0.4) is 0 Å². The number of hydrogen-bond acceptors (Lipinski definition) is 5. The molecule has 0 saturated carbocycles. The third-order valence-corrected chi connectivity index (χ3v) is 3.70. The Bertz CT molecular complexity index is 378. The van der Waals surface area contributed by atoms with Gasteiger partial charge in [0, 0.05) is 31.7 Å². The van der Waals surface area contributed by atoms with Crippen molar-refractivity contribution in [2.24, 2.45) is 0 Å². The van der Waals surface area contributed by atoms with Gasteiger partial charge in [0.15, 0.2) is 9.84 Å². The van der Waals surface area contributed by atoms with Gasteiger partial charge in [-0.2, -0.15) is 0 Å². The molecule has 1 atom stereocenters. The first kappa shape index (κ1) is 14.1. The molecule has 1 rings (SSSR count). The smallest absolute Gasteiger partial charge is 0.233 e. The molecule has 0 radical (unpaired) electrons. The zero-order valence-corrected chi connectivity index (χ0v) is 10.6. The van der Waals surface area contributed by atoms with Crippen molar-refractivity contribution in [2.45, 2.75) is 12.5 Å². The van der Waals surface area contributed by atoms with Crippen LogP contribution in [0.2, 0.25) is 0 Å². The van der Waals surface area contributed by atoms with E-state index < -0.39 is 9.84 Å². The summed E-state index contributed by atoms with van der Waals surface area (Å²) in [5, 5.41) is 6.76. The summed E-state index contributed by atoms with van der Waals surface area (Å²) < 4.78 is 27.0. The number of carbonyl (C=O) groups excluding carboxylic acids is 1. The Hall–Kier alpha value is -0.920. The highest BCUT2D eigenvalue weighted by Crippen LogP contribution is 2.07. The molecule has 1 aliphatic heterocycles. The molecule has 0 aromatic heterocycles. The largest absolute Gasteiger partial charge is 0.385 e. The van der Waals surface area contributed by atoms with Crippen molar-refractivity contribution >= 4 is 15.7 Å². The number of rotatable bonds is 7. The lowest BCUT2D eigenvalue weighted by Crippen LogP contribution is -2.40. The first-order chi connectivity index (χ1) is 8.03. The Kier molecular flexibility index (Phi) is 5.60. The number of nitrogens with one attached hydrogen (secondary N) is 2. The second-order valence-electron chi connectivity index (χ2n) is 3.84. The van der Waals surface area contributed by atoms with Gasteiger partial charge in [0.05, 0.1) is 12.3 Å². The minimum atomic E-state index is -3.06. The van der Waals surface area contributed by atoms with Crippen LogP contribution in [0.1, 0.15) is 6.42 Å². The Morgan fingerprint density at radius 3 is 2.88 bits per heavy atom. The van der Waals surface area contributed by atoms with Crippen LogP contribution in [-0.2, 0) is 19.4 Å². The lowest BCUT2D eigenvalue weighted by atomic mass is 10.3. The molecule has 1 heterocycles. The fourth-order valence-electron chi connectivity index (χ4n) is 1.43. The maximum absolute atomic E-state index is 11.3. The molecule has 2 N–H and O–H groups in total. The van der Waals surface area contributed by atoms with Crippen LogP contribution in [0.5, 0.6) is 0 Å². The van der Waals surface area contributed by atoms with Crippen molar-refractivity contribution in [1.82, 2.24) is 10.6 Å². The Morgan fingerprint density at radius 1 is 1.53 bits per heavy atom. The van der Waals surface area contributed by atoms with Gasteiger partial charge in [0.2, 0.25) is 5.91 Å². The SMILES string of the molecule is COCCCNC(=O)CNC1C=CS(=O)(=O)C1. The molecule has 0 spiro atoms. The highest BCUT2D eigenvalue weighted by molar-refractivity contribution is 7.94. The van der Waals surface area contributed by atoms with Crippen LogP contribution < -0.4 is 10.6 Å². The van der Waals surface area contributed by atoms with Gasteiger partial charge in [-0.3, -0.25) is 4.79 Å². The first-order valence-corrected chi connectivity index (χ1v) is 7.15. The van der Waals surface area contributed by atoms with Crippen LogP contribution in [0.25, 0.3) is 0 Å². The van der Waals surface area contributed by atoms with E-state index in [0.717, 1.165) is 6.42 Å². The third kappa shape index (κ3) is 5.81. The van der Waals surface area contributed by atoms with Gasteiger partial charge in [0.1, 0.15) is 0 Å².